The van der Waals surface area contributed by atoms with Crippen LogP contribution in [0, 0.1) is 6.92 Å². The van der Waals surface area contributed by atoms with Crippen molar-refractivity contribution in [1.82, 2.24) is 9.97 Å². The van der Waals surface area contributed by atoms with Gasteiger partial charge in [0.1, 0.15) is 5.82 Å². The number of rotatable bonds is 5. The first-order valence-corrected chi connectivity index (χ1v) is 10.2. The number of hydrogen-bond donors (Lipinski definition) is 2. The minimum absolute atomic E-state index is 0.471. The van der Waals surface area contributed by atoms with E-state index in [1.54, 1.807) is 0 Å². The summed E-state index contributed by atoms with van der Waals surface area (Å²) in [6.45, 7) is 2.08. The highest BCUT2D eigenvalue weighted by atomic mass is 79.9. The first-order chi connectivity index (χ1) is 13.2. The number of anilines is 3. The van der Waals surface area contributed by atoms with Crippen molar-refractivity contribution in [3.05, 3.63) is 64.6 Å². The van der Waals surface area contributed by atoms with Gasteiger partial charge in [-0.1, -0.05) is 59.1 Å². The van der Waals surface area contributed by atoms with Gasteiger partial charge >= 0.3 is 0 Å². The van der Waals surface area contributed by atoms with Crippen LogP contribution in [0.2, 0.25) is 0 Å². The summed E-state index contributed by atoms with van der Waals surface area (Å²) >= 11 is 3.55. The smallest absolute Gasteiger partial charge is 0.225 e. The Hall–Kier alpha value is -2.40. The van der Waals surface area contributed by atoms with Gasteiger partial charge in [0, 0.05) is 27.8 Å². The fourth-order valence-electron chi connectivity index (χ4n) is 3.46. The maximum absolute atomic E-state index is 4.77. The van der Waals surface area contributed by atoms with Crippen LogP contribution in [-0.4, -0.2) is 16.0 Å². The molecule has 0 saturated heterocycles. The van der Waals surface area contributed by atoms with E-state index in [2.05, 4.69) is 57.8 Å². The molecule has 4 nitrogen and oxygen atoms in total. The maximum Gasteiger partial charge on any atom is 0.225 e. The van der Waals surface area contributed by atoms with E-state index in [-0.39, 0.29) is 0 Å². The molecule has 0 bridgehead atoms. The van der Waals surface area contributed by atoms with Gasteiger partial charge in [0.15, 0.2) is 0 Å². The Morgan fingerprint density at radius 2 is 1.74 bits per heavy atom. The lowest BCUT2D eigenvalue weighted by Crippen LogP contribution is -2.17. The molecule has 1 aromatic heterocycles. The van der Waals surface area contributed by atoms with E-state index < -0.39 is 0 Å². The number of benzene rings is 2. The average molecular weight is 423 g/mol. The lowest BCUT2D eigenvalue weighted by atomic mass is 10.1. The van der Waals surface area contributed by atoms with Crippen molar-refractivity contribution in [2.45, 2.75) is 38.6 Å². The van der Waals surface area contributed by atoms with Gasteiger partial charge in [0.05, 0.1) is 5.69 Å². The fraction of sp³-hybridized carbons (Fsp3) is 0.273. The molecule has 0 unspecified atom stereocenters. The molecule has 0 atom stereocenters. The Balaban J connectivity index is 1.67. The van der Waals surface area contributed by atoms with Gasteiger partial charge in [0.25, 0.3) is 0 Å². The Bertz CT molecular complexity index is 921. The molecule has 2 N–H and O–H groups in total. The average Bonchev–Trinajstić information content (AvgIpc) is 3.18. The molecule has 1 fully saturated rings. The molecule has 1 aliphatic rings. The van der Waals surface area contributed by atoms with Crippen LogP contribution in [0.3, 0.4) is 0 Å². The summed E-state index contributed by atoms with van der Waals surface area (Å²) < 4.78 is 1.10. The Morgan fingerprint density at radius 3 is 2.48 bits per heavy atom. The van der Waals surface area contributed by atoms with Gasteiger partial charge < -0.3 is 10.6 Å². The topological polar surface area (TPSA) is 49.8 Å². The van der Waals surface area contributed by atoms with Crippen LogP contribution >= 0.6 is 15.9 Å². The molecule has 138 valence electrons. The molecule has 2 aromatic carbocycles. The Morgan fingerprint density at radius 1 is 0.963 bits per heavy atom. The highest BCUT2D eigenvalue weighted by Crippen LogP contribution is 2.27. The summed E-state index contributed by atoms with van der Waals surface area (Å²) in [5.41, 5.74) is 4.20. The van der Waals surface area contributed by atoms with E-state index in [4.69, 9.17) is 9.97 Å². The van der Waals surface area contributed by atoms with Crippen molar-refractivity contribution in [3.63, 3.8) is 0 Å². The standard InChI is InChI=1S/C22H23BrN4/c1-15-13-18(11-12-19(15)23)24-21-14-20(16-7-3-2-4-8-16)26-22(27-21)25-17-9-5-6-10-17/h2-4,7-8,11-14,17H,5-6,9-10H2,1H3,(H2,24,25,26,27). The molecule has 1 heterocycles. The zero-order valence-corrected chi connectivity index (χ0v) is 17.0. The molecule has 0 spiro atoms. The normalized spacial score (nSPS) is 14.3. The summed E-state index contributed by atoms with van der Waals surface area (Å²) in [5, 5.41) is 6.96. The molecule has 4 rings (SSSR count). The monoisotopic (exact) mass is 422 g/mol. The van der Waals surface area contributed by atoms with Gasteiger partial charge in [-0.2, -0.15) is 4.98 Å². The Labute approximate surface area is 168 Å². The molecule has 0 amide bonds. The number of nitrogens with zero attached hydrogens (tertiary/aromatic N) is 2. The molecule has 3 aromatic rings. The lowest BCUT2D eigenvalue weighted by Gasteiger charge is -2.15. The van der Waals surface area contributed by atoms with Crippen LogP contribution in [0.15, 0.2) is 59.1 Å². The van der Waals surface area contributed by atoms with Crippen molar-refractivity contribution in [2.24, 2.45) is 0 Å². The third-order valence-corrected chi connectivity index (χ3v) is 5.80. The number of aryl methyl sites for hydroxylation is 1. The minimum Gasteiger partial charge on any atom is -0.351 e. The van der Waals surface area contributed by atoms with Crippen molar-refractivity contribution in [3.8, 4) is 11.3 Å². The number of aromatic nitrogens is 2. The van der Waals surface area contributed by atoms with Gasteiger partial charge in [-0.3, -0.25) is 0 Å². The van der Waals surface area contributed by atoms with E-state index >= 15 is 0 Å². The first kappa shape index (κ1) is 18.0. The number of nitrogens with one attached hydrogen (secondary N) is 2. The second-order valence-electron chi connectivity index (χ2n) is 7.04. The van der Waals surface area contributed by atoms with Gasteiger partial charge in [-0.25, -0.2) is 4.98 Å². The van der Waals surface area contributed by atoms with Crippen LogP contribution in [0.4, 0.5) is 17.5 Å². The molecule has 27 heavy (non-hydrogen) atoms. The highest BCUT2D eigenvalue weighted by molar-refractivity contribution is 9.10. The first-order valence-electron chi connectivity index (χ1n) is 9.41. The third-order valence-electron chi connectivity index (χ3n) is 4.91. The van der Waals surface area contributed by atoms with Crippen LogP contribution < -0.4 is 10.6 Å². The zero-order valence-electron chi connectivity index (χ0n) is 15.4. The summed E-state index contributed by atoms with van der Waals surface area (Å²) in [4.78, 5) is 9.50. The van der Waals surface area contributed by atoms with Crippen LogP contribution in [0.25, 0.3) is 11.3 Å². The zero-order chi connectivity index (χ0) is 18.6. The largest absolute Gasteiger partial charge is 0.351 e. The van der Waals surface area contributed by atoms with Crippen molar-refractivity contribution < 1.29 is 0 Å². The summed E-state index contributed by atoms with van der Waals surface area (Å²) in [6.07, 6.45) is 4.93. The van der Waals surface area contributed by atoms with Crippen molar-refractivity contribution in [1.29, 1.82) is 0 Å². The van der Waals surface area contributed by atoms with E-state index in [1.807, 2.05) is 30.3 Å². The van der Waals surface area contributed by atoms with Crippen molar-refractivity contribution in [2.75, 3.05) is 10.6 Å². The second-order valence-corrected chi connectivity index (χ2v) is 7.90. The fourth-order valence-corrected chi connectivity index (χ4v) is 3.70. The summed E-state index contributed by atoms with van der Waals surface area (Å²) in [6, 6.07) is 18.9. The SMILES string of the molecule is Cc1cc(Nc2cc(-c3ccccc3)nc(NC3CCCC3)n2)ccc1Br. The Kier molecular flexibility index (Phi) is 5.39. The lowest BCUT2D eigenvalue weighted by molar-refractivity contribution is 0.744. The number of halogens is 1. The summed E-state index contributed by atoms with van der Waals surface area (Å²) in [7, 11) is 0. The minimum atomic E-state index is 0.471. The molecule has 5 heteroatoms. The van der Waals surface area contributed by atoms with E-state index in [9.17, 15) is 0 Å². The predicted octanol–water partition coefficient (Wildman–Crippen LogP) is 6.31. The van der Waals surface area contributed by atoms with Crippen LogP contribution in [0.5, 0.6) is 0 Å². The molecule has 0 radical (unpaired) electrons. The number of hydrogen-bond acceptors (Lipinski definition) is 4. The maximum atomic E-state index is 4.77. The third kappa shape index (κ3) is 4.48. The van der Waals surface area contributed by atoms with E-state index in [1.165, 1.54) is 31.2 Å². The van der Waals surface area contributed by atoms with E-state index in [0.717, 1.165) is 27.2 Å². The van der Waals surface area contributed by atoms with Crippen LogP contribution in [-0.2, 0) is 0 Å². The van der Waals surface area contributed by atoms with E-state index in [0.29, 0.717) is 12.0 Å². The molecule has 0 aliphatic heterocycles. The van der Waals surface area contributed by atoms with Crippen LogP contribution in [0.1, 0.15) is 31.2 Å². The van der Waals surface area contributed by atoms with Crippen molar-refractivity contribution >= 4 is 33.4 Å². The van der Waals surface area contributed by atoms with Gasteiger partial charge in [-0.15, -0.1) is 0 Å². The molecule has 1 saturated carbocycles. The summed E-state index contributed by atoms with van der Waals surface area (Å²) in [5.74, 6) is 1.49. The molecular formula is C22H23BrN4. The van der Waals surface area contributed by atoms with Gasteiger partial charge in [-0.05, 0) is 43.5 Å². The highest BCUT2D eigenvalue weighted by Gasteiger charge is 2.17. The molecular weight excluding hydrogens is 400 g/mol. The molecule has 1 aliphatic carbocycles. The second kappa shape index (κ2) is 8.09. The quantitative estimate of drug-likeness (QED) is 0.505. The predicted molar refractivity (Wildman–Crippen MR) is 116 cm³/mol. The van der Waals surface area contributed by atoms with Gasteiger partial charge in [0.2, 0.25) is 5.95 Å².